The molecule has 1 fully saturated rings. The first-order valence-corrected chi connectivity index (χ1v) is 10.8. The zero-order valence-electron chi connectivity index (χ0n) is 18.5. The number of likely N-dealkylation sites (tertiary alicyclic amines) is 1. The van der Waals surface area contributed by atoms with E-state index in [1.807, 2.05) is 36.4 Å². The Morgan fingerprint density at radius 3 is 2.43 bits per heavy atom. The van der Waals surface area contributed by atoms with E-state index in [-0.39, 0.29) is 5.97 Å². The van der Waals surface area contributed by atoms with Gasteiger partial charge in [-0.3, -0.25) is 0 Å². The quantitative estimate of drug-likeness (QED) is 0.587. The molecule has 0 bridgehead atoms. The molecule has 0 spiro atoms. The molecule has 1 aliphatic heterocycles. The number of rotatable bonds is 9. The number of benzene rings is 2. The summed E-state index contributed by atoms with van der Waals surface area (Å²) in [4.78, 5) is 16.5. The van der Waals surface area contributed by atoms with Crippen LogP contribution < -0.4 is 4.74 Å². The molecule has 0 amide bonds. The Labute approximate surface area is 180 Å². The lowest BCUT2D eigenvalue weighted by atomic mass is 9.95. The monoisotopic (exact) mass is 410 g/mol. The maximum Gasteiger partial charge on any atom is 0.337 e. The van der Waals surface area contributed by atoms with E-state index >= 15 is 0 Å². The van der Waals surface area contributed by atoms with E-state index in [0.717, 1.165) is 37.7 Å². The van der Waals surface area contributed by atoms with Gasteiger partial charge < -0.3 is 19.3 Å². The van der Waals surface area contributed by atoms with Gasteiger partial charge in [-0.05, 0) is 74.6 Å². The molecule has 0 atom stereocenters. The summed E-state index contributed by atoms with van der Waals surface area (Å²) in [5.74, 6) is 1.45. The van der Waals surface area contributed by atoms with Gasteiger partial charge in [0.15, 0.2) is 0 Å². The molecule has 2 aromatic rings. The number of nitrogens with zero attached hydrogens (tertiary/aromatic N) is 2. The second-order valence-electron chi connectivity index (χ2n) is 8.23. The number of carbonyl (C=O) groups excluding carboxylic acids is 1. The van der Waals surface area contributed by atoms with Crippen LogP contribution in [0.3, 0.4) is 0 Å². The molecule has 162 valence electrons. The highest BCUT2D eigenvalue weighted by Gasteiger charge is 2.20. The van der Waals surface area contributed by atoms with Crippen LogP contribution in [0.25, 0.3) is 0 Å². The average Bonchev–Trinajstić information content (AvgIpc) is 2.78. The van der Waals surface area contributed by atoms with Crippen LogP contribution in [0.1, 0.15) is 34.3 Å². The lowest BCUT2D eigenvalue weighted by Gasteiger charge is -2.34. The molecule has 0 radical (unpaired) electrons. The van der Waals surface area contributed by atoms with Crippen molar-refractivity contribution in [1.82, 2.24) is 9.80 Å². The first-order chi connectivity index (χ1) is 14.6. The van der Waals surface area contributed by atoms with E-state index in [2.05, 4.69) is 29.0 Å². The molecule has 0 N–H and O–H groups in total. The van der Waals surface area contributed by atoms with Gasteiger partial charge in [-0.15, -0.1) is 0 Å². The molecule has 0 saturated carbocycles. The van der Waals surface area contributed by atoms with Crippen LogP contribution in [0.5, 0.6) is 5.75 Å². The van der Waals surface area contributed by atoms with E-state index in [1.165, 1.54) is 44.2 Å². The predicted molar refractivity (Wildman–Crippen MR) is 120 cm³/mol. The third kappa shape index (κ3) is 6.31. The highest BCUT2D eigenvalue weighted by molar-refractivity contribution is 5.89. The Morgan fingerprint density at radius 2 is 1.77 bits per heavy atom. The summed E-state index contributed by atoms with van der Waals surface area (Å²) in [6, 6.07) is 16.0. The molecular formula is C25H34N2O3. The van der Waals surface area contributed by atoms with E-state index < -0.39 is 0 Å². The zero-order valence-corrected chi connectivity index (χ0v) is 18.5. The van der Waals surface area contributed by atoms with Crippen molar-refractivity contribution in [1.29, 1.82) is 0 Å². The number of ether oxygens (including phenoxy) is 2. The number of hydrogen-bond acceptors (Lipinski definition) is 5. The third-order valence-electron chi connectivity index (χ3n) is 5.99. The lowest BCUT2D eigenvalue weighted by Crippen LogP contribution is -2.38. The van der Waals surface area contributed by atoms with Crippen LogP contribution in [0.2, 0.25) is 0 Å². The molecule has 0 aromatic heterocycles. The zero-order chi connectivity index (χ0) is 21.3. The summed E-state index contributed by atoms with van der Waals surface area (Å²) in [6.45, 7) is 5.44. The van der Waals surface area contributed by atoms with Gasteiger partial charge in [-0.2, -0.15) is 0 Å². The minimum atomic E-state index is -0.285. The molecule has 1 heterocycles. The van der Waals surface area contributed by atoms with Gasteiger partial charge in [0, 0.05) is 19.6 Å². The van der Waals surface area contributed by atoms with Crippen molar-refractivity contribution in [2.24, 2.45) is 5.92 Å². The SMILES string of the molecule is COC(=O)c1ccc(CN(C)CC2CCN(CCc3ccccc3OC)CC2)cc1. The molecule has 3 rings (SSSR count). The summed E-state index contributed by atoms with van der Waals surface area (Å²) in [7, 11) is 5.34. The van der Waals surface area contributed by atoms with Crippen molar-refractivity contribution in [2.45, 2.75) is 25.8 Å². The molecule has 2 aromatic carbocycles. The smallest absolute Gasteiger partial charge is 0.337 e. The van der Waals surface area contributed by atoms with Crippen molar-refractivity contribution >= 4 is 5.97 Å². The number of piperidine rings is 1. The minimum absolute atomic E-state index is 0.285. The second kappa shape index (κ2) is 11.1. The molecule has 5 heteroatoms. The third-order valence-corrected chi connectivity index (χ3v) is 5.99. The van der Waals surface area contributed by atoms with Crippen LogP contribution >= 0.6 is 0 Å². The predicted octanol–water partition coefficient (Wildman–Crippen LogP) is 3.87. The number of carbonyl (C=O) groups is 1. The molecule has 5 nitrogen and oxygen atoms in total. The van der Waals surface area contributed by atoms with Crippen molar-refractivity contribution in [3.8, 4) is 5.75 Å². The maximum atomic E-state index is 11.6. The van der Waals surface area contributed by atoms with Crippen molar-refractivity contribution < 1.29 is 14.3 Å². The van der Waals surface area contributed by atoms with Gasteiger partial charge in [-0.25, -0.2) is 4.79 Å². The summed E-state index contributed by atoms with van der Waals surface area (Å²) >= 11 is 0. The number of methoxy groups -OCH3 is 2. The fourth-order valence-corrected chi connectivity index (χ4v) is 4.26. The Balaban J connectivity index is 1.39. The van der Waals surface area contributed by atoms with Gasteiger partial charge in [0.25, 0.3) is 0 Å². The maximum absolute atomic E-state index is 11.6. The first-order valence-electron chi connectivity index (χ1n) is 10.8. The molecule has 1 aliphatic rings. The summed E-state index contributed by atoms with van der Waals surface area (Å²) < 4.78 is 10.2. The molecule has 1 saturated heterocycles. The highest BCUT2D eigenvalue weighted by Crippen LogP contribution is 2.22. The number of esters is 1. The summed E-state index contributed by atoms with van der Waals surface area (Å²) in [5, 5.41) is 0. The Hall–Kier alpha value is -2.37. The Morgan fingerprint density at radius 1 is 1.07 bits per heavy atom. The highest BCUT2D eigenvalue weighted by atomic mass is 16.5. The van der Waals surface area contributed by atoms with Crippen LogP contribution in [-0.2, 0) is 17.7 Å². The minimum Gasteiger partial charge on any atom is -0.496 e. The van der Waals surface area contributed by atoms with Crippen molar-refractivity contribution in [2.75, 3.05) is 47.4 Å². The normalized spacial score (nSPS) is 15.3. The Bertz CT molecular complexity index is 798. The lowest BCUT2D eigenvalue weighted by molar-refractivity contribution is 0.0600. The fraction of sp³-hybridized carbons (Fsp3) is 0.480. The fourth-order valence-electron chi connectivity index (χ4n) is 4.26. The number of hydrogen-bond donors (Lipinski definition) is 0. The molecular weight excluding hydrogens is 376 g/mol. The van der Waals surface area contributed by atoms with E-state index in [1.54, 1.807) is 7.11 Å². The second-order valence-corrected chi connectivity index (χ2v) is 8.23. The number of para-hydroxylation sites is 1. The van der Waals surface area contributed by atoms with Crippen molar-refractivity contribution in [3.63, 3.8) is 0 Å². The van der Waals surface area contributed by atoms with Crippen LogP contribution in [0.15, 0.2) is 48.5 Å². The van der Waals surface area contributed by atoms with Gasteiger partial charge in [0.2, 0.25) is 0 Å². The van der Waals surface area contributed by atoms with Gasteiger partial charge in [0.1, 0.15) is 5.75 Å². The molecule has 0 unspecified atom stereocenters. The first kappa shape index (κ1) is 22.3. The van der Waals surface area contributed by atoms with Crippen LogP contribution in [0.4, 0.5) is 0 Å². The summed E-state index contributed by atoms with van der Waals surface area (Å²) in [5.41, 5.74) is 3.11. The molecule has 30 heavy (non-hydrogen) atoms. The largest absolute Gasteiger partial charge is 0.496 e. The van der Waals surface area contributed by atoms with Crippen molar-refractivity contribution in [3.05, 3.63) is 65.2 Å². The van der Waals surface area contributed by atoms with Gasteiger partial charge in [-0.1, -0.05) is 30.3 Å². The van der Waals surface area contributed by atoms with Gasteiger partial charge >= 0.3 is 5.97 Å². The average molecular weight is 411 g/mol. The van der Waals surface area contributed by atoms with Crippen LogP contribution in [-0.4, -0.2) is 63.2 Å². The molecule has 0 aliphatic carbocycles. The standard InChI is InChI=1S/C25H34N2O3/c1-26(18-20-8-10-23(11-9-20)25(28)30-3)19-21-12-15-27(16-13-21)17-14-22-6-4-5-7-24(22)29-2/h4-11,21H,12-19H2,1-3H3. The van der Waals surface area contributed by atoms with Gasteiger partial charge in [0.05, 0.1) is 19.8 Å². The van der Waals surface area contributed by atoms with E-state index in [0.29, 0.717) is 5.56 Å². The van der Waals surface area contributed by atoms with E-state index in [4.69, 9.17) is 9.47 Å². The summed E-state index contributed by atoms with van der Waals surface area (Å²) in [6.07, 6.45) is 3.53. The Kier molecular flexibility index (Phi) is 8.29. The van der Waals surface area contributed by atoms with E-state index in [9.17, 15) is 4.79 Å². The topological polar surface area (TPSA) is 42.0 Å². The van der Waals surface area contributed by atoms with Crippen LogP contribution in [0, 0.1) is 5.92 Å².